The molecule has 2 saturated heterocycles. The molecule has 31 heavy (non-hydrogen) atoms. The van der Waals surface area contributed by atoms with E-state index >= 15 is 0 Å². The van der Waals surface area contributed by atoms with Gasteiger partial charge in [0.1, 0.15) is 6.04 Å². The minimum Gasteiger partial charge on any atom is -0.469 e. The summed E-state index contributed by atoms with van der Waals surface area (Å²) in [6, 6.07) is 5.74. The number of hydrogen-bond acceptors (Lipinski definition) is 5. The molecule has 6 nitrogen and oxygen atoms in total. The van der Waals surface area contributed by atoms with E-state index in [0.29, 0.717) is 12.1 Å². The number of nitrogens with one attached hydrogen (secondary N) is 2. The first-order valence-electron chi connectivity index (χ1n) is 12.4. The normalized spacial score (nSPS) is 30.3. The number of methoxy groups -OCH3 is 1. The van der Waals surface area contributed by atoms with Gasteiger partial charge in [-0.25, -0.2) is 0 Å². The molecule has 1 aromatic rings. The molecule has 172 valence electrons. The SMILES string of the molecule is COC(=O)C1(CCNc2ccc([N+]3([C@@H]4CCNC4)CCC[C@@H]3C)nc2C)CCCCC1. The Hall–Kier alpha value is -1.66. The number of anilines is 1. The van der Waals surface area contributed by atoms with E-state index in [1.165, 1.54) is 45.2 Å². The van der Waals surface area contributed by atoms with Crippen molar-refractivity contribution in [3.8, 4) is 0 Å². The van der Waals surface area contributed by atoms with Gasteiger partial charge in [0.15, 0.2) is 0 Å². The van der Waals surface area contributed by atoms with Gasteiger partial charge in [0, 0.05) is 45.0 Å². The van der Waals surface area contributed by atoms with E-state index in [2.05, 4.69) is 36.6 Å². The largest absolute Gasteiger partial charge is 0.469 e. The average Bonchev–Trinajstić information content (AvgIpc) is 3.45. The molecule has 1 aromatic heterocycles. The number of ether oxygens (including phenoxy) is 1. The fraction of sp³-hybridized carbons (Fsp3) is 0.760. The Morgan fingerprint density at radius 2 is 2.06 bits per heavy atom. The summed E-state index contributed by atoms with van der Waals surface area (Å²) in [6.07, 6.45) is 10.0. The Bertz CT molecular complexity index is 771. The van der Waals surface area contributed by atoms with Crippen molar-refractivity contribution in [3.05, 3.63) is 17.8 Å². The van der Waals surface area contributed by atoms with Crippen LogP contribution in [-0.4, -0.2) is 56.3 Å². The highest BCUT2D eigenvalue weighted by Gasteiger charge is 2.49. The number of carbonyl (C=O) groups excluding carboxylic acids is 1. The molecule has 1 unspecified atom stereocenters. The smallest absolute Gasteiger partial charge is 0.311 e. The maximum absolute atomic E-state index is 12.5. The maximum Gasteiger partial charge on any atom is 0.311 e. The predicted octanol–water partition coefficient (Wildman–Crippen LogP) is 4.17. The molecule has 4 rings (SSSR count). The van der Waals surface area contributed by atoms with Crippen molar-refractivity contribution in [3.63, 3.8) is 0 Å². The fourth-order valence-corrected chi connectivity index (χ4v) is 6.61. The Kier molecular flexibility index (Phi) is 6.87. The highest BCUT2D eigenvalue weighted by atomic mass is 16.5. The van der Waals surface area contributed by atoms with Crippen LogP contribution in [0.4, 0.5) is 11.5 Å². The van der Waals surface area contributed by atoms with Gasteiger partial charge in [-0.2, -0.15) is 4.98 Å². The van der Waals surface area contributed by atoms with Gasteiger partial charge in [-0.3, -0.25) is 9.28 Å². The van der Waals surface area contributed by atoms with E-state index in [0.717, 1.165) is 67.6 Å². The summed E-state index contributed by atoms with van der Waals surface area (Å²) in [7, 11) is 1.52. The maximum atomic E-state index is 12.5. The summed E-state index contributed by atoms with van der Waals surface area (Å²) >= 11 is 0. The van der Waals surface area contributed by atoms with Crippen molar-refractivity contribution in [1.29, 1.82) is 0 Å². The first-order chi connectivity index (χ1) is 15.0. The van der Waals surface area contributed by atoms with Gasteiger partial charge in [-0.1, -0.05) is 19.3 Å². The lowest BCUT2D eigenvalue weighted by molar-refractivity contribution is -0.155. The van der Waals surface area contributed by atoms with Crippen molar-refractivity contribution in [2.75, 3.05) is 38.6 Å². The van der Waals surface area contributed by atoms with Crippen LogP contribution >= 0.6 is 0 Å². The van der Waals surface area contributed by atoms with Crippen LogP contribution in [0.15, 0.2) is 12.1 Å². The van der Waals surface area contributed by atoms with Gasteiger partial charge in [0.05, 0.1) is 36.5 Å². The Balaban J connectivity index is 1.47. The molecule has 0 bridgehead atoms. The Labute approximate surface area is 187 Å². The zero-order valence-corrected chi connectivity index (χ0v) is 19.7. The predicted molar refractivity (Wildman–Crippen MR) is 126 cm³/mol. The molecule has 0 radical (unpaired) electrons. The van der Waals surface area contributed by atoms with E-state index in [1.807, 2.05) is 0 Å². The van der Waals surface area contributed by atoms with Crippen LogP contribution in [0.2, 0.25) is 0 Å². The molecule has 3 fully saturated rings. The summed E-state index contributed by atoms with van der Waals surface area (Å²) < 4.78 is 6.22. The number of quaternary nitrogens is 1. The van der Waals surface area contributed by atoms with Crippen molar-refractivity contribution in [2.45, 2.75) is 83.7 Å². The summed E-state index contributed by atoms with van der Waals surface area (Å²) in [5, 5.41) is 7.16. The average molecular weight is 430 g/mol. The number of aryl methyl sites for hydroxylation is 1. The van der Waals surface area contributed by atoms with E-state index in [1.54, 1.807) is 0 Å². The molecule has 0 spiro atoms. The number of nitrogens with zero attached hydrogens (tertiary/aromatic N) is 2. The topological polar surface area (TPSA) is 63.2 Å². The van der Waals surface area contributed by atoms with Crippen LogP contribution in [0.3, 0.4) is 0 Å². The van der Waals surface area contributed by atoms with E-state index in [4.69, 9.17) is 9.72 Å². The molecule has 1 aliphatic carbocycles. The van der Waals surface area contributed by atoms with Crippen LogP contribution in [-0.2, 0) is 9.53 Å². The standard InChI is InChI=1S/C25H41N4O2/c1-19-8-7-17-29(19,21-11-15-26-18-21)23-10-9-22(20(2)28-23)27-16-14-25(24(30)31-3)12-5-4-6-13-25/h9-10,19,21,26-27H,4-8,11-18H2,1-3H3/q+1/t19-,21+,29?/m0/s1. The monoisotopic (exact) mass is 429 g/mol. The molecule has 2 N–H and O–H groups in total. The molecule has 3 atom stereocenters. The summed E-state index contributed by atoms with van der Waals surface area (Å²) in [5.41, 5.74) is 1.85. The quantitative estimate of drug-likeness (QED) is 0.503. The molecule has 1 saturated carbocycles. The number of aromatic nitrogens is 1. The van der Waals surface area contributed by atoms with Crippen molar-refractivity contribution in [2.24, 2.45) is 5.41 Å². The van der Waals surface area contributed by atoms with Gasteiger partial charge in [0.2, 0.25) is 5.82 Å². The number of rotatable bonds is 7. The van der Waals surface area contributed by atoms with Crippen LogP contribution in [0.5, 0.6) is 0 Å². The number of hydrogen-bond donors (Lipinski definition) is 2. The molecule has 2 aliphatic heterocycles. The Morgan fingerprint density at radius 3 is 2.68 bits per heavy atom. The molecule has 3 aliphatic rings. The number of pyridine rings is 1. The second-order valence-corrected chi connectivity index (χ2v) is 10.1. The second kappa shape index (κ2) is 9.45. The lowest BCUT2D eigenvalue weighted by Gasteiger charge is -2.42. The second-order valence-electron chi connectivity index (χ2n) is 10.1. The highest BCUT2D eigenvalue weighted by molar-refractivity contribution is 5.77. The van der Waals surface area contributed by atoms with Crippen LogP contribution in [0.1, 0.15) is 70.4 Å². The molecule has 6 heteroatoms. The van der Waals surface area contributed by atoms with Crippen LogP contribution in [0, 0.1) is 12.3 Å². The van der Waals surface area contributed by atoms with Gasteiger partial charge in [-0.15, -0.1) is 0 Å². The number of likely N-dealkylation sites (tertiary alicyclic amines) is 1. The first kappa shape index (κ1) is 22.5. The van der Waals surface area contributed by atoms with Gasteiger partial charge in [-0.05, 0) is 39.2 Å². The lowest BCUT2D eigenvalue weighted by atomic mass is 9.72. The van der Waals surface area contributed by atoms with Crippen molar-refractivity contribution in [1.82, 2.24) is 14.8 Å². The van der Waals surface area contributed by atoms with Crippen molar-refractivity contribution >= 4 is 17.5 Å². The summed E-state index contributed by atoms with van der Waals surface area (Å²) in [6.45, 7) is 8.73. The minimum atomic E-state index is -0.309. The molecule has 0 aromatic carbocycles. The van der Waals surface area contributed by atoms with E-state index in [-0.39, 0.29) is 11.4 Å². The summed E-state index contributed by atoms with van der Waals surface area (Å²) in [5.74, 6) is 1.21. The van der Waals surface area contributed by atoms with E-state index in [9.17, 15) is 4.79 Å². The Morgan fingerprint density at radius 1 is 1.26 bits per heavy atom. The third-order valence-electron chi connectivity index (χ3n) is 8.47. The molecule has 0 amide bonds. The van der Waals surface area contributed by atoms with Gasteiger partial charge < -0.3 is 15.4 Å². The first-order valence-corrected chi connectivity index (χ1v) is 12.4. The van der Waals surface area contributed by atoms with Crippen LogP contribution in [0.25, 0.3) is 0 Å². The number of carbonyl (C=O) groups is 1. The van der Waals surface area contributed by atoms with Crippen LogP contribution < -0.4 is 15.1 Å². The van der Waals surface area contributed by atoms with Crippen molar-refractivity contribution < 1.29 is 9.53 Å². The fourth-order valence-electron chi connectivity index (χ4n) is 6.61. The third kappa shape index (κ3) is 4.21. The zero-order valence-electron chi connectivity index (χ0n) is 19.7. The van der Waals surface area contributed by atoms with Gasteiger partial charge >= 0.3 is 5.97 Å². The molecular weight excluding hydrogens is 388 g/mol. The van der Waals surface area contributed by atoms with E-state index < -0.39 is 0 Å². The third-order valence-corrected chi connectivity index (χ3v) is 8.47. The summed E-state index contributed by atoms with van der Waals surface area (Å²) in [4.78, 5) is 17.7. The molecule has 3 heterocycles. The number of esters is 1. The van der Waals surface area contributed by atoms with Gasteiger partial charge in [0.25, 0.3) is 0 Å². The highest BCUT2D eigenvalue weighted by Crippen LogP contribution is 2.41. The zero-order chi connectivity index (χ0) is 21.9. The minimum absolute atomic E-state index is 0.0289. The molecular formula is C25H41N4O2+. The lowest BCUT2D eigenvalue weighted by Crippen LogP contribution is -2.60.